The van der Waals surface area contributed by atoms with Gasteiger partial charge < -0.3 is 18.6 Å². The maximum Gasteiger partial charge on any atom is 0.256 e. The molecule has 2 aromatic carbocycles. The Bertz CT molecular complexity index is 1450. The highest BCUT2D eigenvalue weighted by Gasteiger charge is 2.27. The number of ether oxygens (including phenoxy) is 1. The van der Waals surface area contributed by atoms with E-state index >= 15 is 0 Å². The summed E-state index contributed by atoms with van der Waals surface area (Å²) in [5.74, 6) is -0.0169. The van der Waals surface area contributed by atoms with Crippen molar-refractivity contribution in [1.82, 2.24) is 14.5 Å². The third-order valence-corrected chi connectivity index (χ3v) is 7.77. The van der Waals surface area contributed by atoms with Crippen LogP contribution in [0.15, 0.2) is 82.7 Å². The molecule has 0 aliphatic carbocycles. The van der Waals surface area contributed by atoms with Gasteiger partial charge in [-0.05, 0) is 35.9 Å². The zero-order chi connectivity index (χ0) is 26.4. The van der Waals surface area contributed by atoms with E-state index in [1.165, 1.54) is 30.5 Å². The number of rotatable bonds is 11. The molecule has 1 amide bonds. The lowest BCUT2D eigenvalue weighted by Gasteiger charge is -2.23. The standard InChI is InChI=1S/C26H25Cl2N3O5S/c1-35-13-11-31-21(15-29-26(31)37(33,34)18-19-6-3-2-4-7-19)16-30(17-22-8-5-12-36-22)25(32)23-10-9-20(27)14-24(23)28/h2-10,12,14-15H,11,13,16-18H2,1H3. The lowest BCUT2D eigenvalue weighted by Crippen LogP contribution is -2.31. The second kappa shape index (κ2) is 12.0. The molecule has 0 unspecified atom stereocenters. The molecule has 2 heterocycles. The third-order valence-electron chi connectivity index (χ3n) is 5.63. The normalized spacial score (nSPS) is 11.5. The molecule has 0 saturated heterocycles. The number of carbonyl (C=O) groups is 1. The number of amides is 1. The fourth-order valence-corrected chi connectivity index (χ4v) is 5.87. The predicted molar refractivity (Wildman–Crippen MR) is 140 cm³/mol. The summed E-state index contributed by atoms with van der Waals surface area (Å²) in [5.41, 5.74) is 1.43. The molecule has 4 aromatic rings. The minimum Gasteiger partial charge on any atom is -0.467 e. The van der Waals surface area contributed by atoms with Crippen LogP contribution >= 0.6 is 23.2 Å². The van der Waals surface area contributed by atoms with Crippen LogP contribution in [-0.2, 0) is 40.0 Å². The van der Waals surface area contributed by atoms with E-state index in [4.69, 9.17) is 32.4 Å². The van der Waals surface area contributed by atoms with Crippen LogP contribution in [0.5, 0.6) is 0 Å². The van der Waals surface area contributed by atoms with E-state index in [-0.39, 0.29) is 53.6 Å². The molecule has 194 valence electrons. The van der Waals surface area contributed by atoms with Crippen LogP contribution in [0, 0.1) is 0 Å². The fourth-order valence-electron chi connectivity index (χ4n) is 3.87. The monoisotopic (exact) mass is 561 g/mol. The molecular weight excluding hydrogens is 537 g/mol. The van der Waals surface area contributed by atoms with Crippen molar-refractivity contribution in [3.8, 4) is 0 Å². The lowest BCUT2D eigenvalue weighted by atomic mass is 10.2. The van der Waals surface area contributed by atoms with E-state index in [2.05, 4.69) is 4.98 Å². The molecule has 0 aliphatic rings. The Hall–Kier alpha value is -3.11. The Morgan fingerprint density at radius 2 is 1.86 bits per heavy atom. The van der Waals surface area contributed by atoms with Gasteiger partial charge in [0.1, 0.15) is 5.76 Å². The number of benzene rings is 2. The summed E-state index contributed by atoms with van der Waals surface area (Å²) >= 11 is 12.3. The average molecular weight is 562 g/mol. The van der Waals surface area contributed by atoms with Gasteiger partial charge in [0.2, 0.25) is 15.0 Å². The number of nitrogens with zero attached hydrogens (tertiary/aromatic N) is 3. The number of furan rings is 1. The van der Waals surface area contributed by atoms with Crippen LogP contribution in [-0.4, -0.2) is 42.5 Å². The molecular formula is C26H25Cl2N3O5S. The van der Waals surface area contributed by atoms with E-state index in [9.17, 15) is 13.2 Å². The van der Waals surface area contributed by atoms with Crippen LogP contribution in [0.3, 0.4) is 0 Å². The molecule has 4 rings (SSSR count). The summed E-state index contributed by atoms with van der Waals surface area (Å²) in [4.78, 5) is 19.3. The molecule has 0 spiro atoms. The maximum absolute atomic E-state index is 13.6. The molecule has 0 bridgehead atoms. The van der Waals surface area contributed by atoms with E-state index in [0.717, 1.165) is 0 Å². The van der Waals surface area contributed by atoms with Crippen LogP contribution in [0.1, 0.15) is 27.4 Å². The van der Waals surface area contributed by atoms with Crippen molar-refractivity contribution in [3.05, 3.63) is 106 Å². The first kappa shape index (κ1) is 26.9. The zero-order valence-electron chi connectivity index (χ0n) is 20.0. The van der Waals surface area contributed by atoms with Crippen LogP contribution < -0.4 is 0 Å². The molecule has 0 fully saturated rings. The van der Waals surface area contributed by atoms with Crippen LogP contribution in [0.4, 0.5) is 0 Å². The van der Waals surface area contributed by atoms with E-state index in [1.54, 1.807) is 53.1 Å². The fraction of sp³-hybridized carbons (Fsp3) is 0.231. The smallest absolute Gasteiger partial charge is 0.256 e. The first-order valence-electron chi connectivity index (χ1n) is 11.3. The zero-order valence-corrected chi connectivity index (χ0v) is 22.3. The molecule has 8 nitrogen and oxygen atoms in total. The third kappa shape index (κ3) is 6.61. The van der Waals surface area contributed by atoms with Crippen molar-refractivity contribution in [1.29, 1.82) is 0 Å². The van der Waals surface area contributed by atoms with Crippen molar-refractivity contribution >= 4 is 38.9 Å². The van der Waals surface area contributed by atoms with Gasteiger partial charge in [0.25, 0.3) is 5.91 Å². The van der Waals surface area contributed by atoms with Gasteiger partial charge in [0.15, 0.2) is 0 Å². The maximum atomic E-state index is 13.6. The van der Waals surface area contributed by atoms with E-state index < -0.39 is 9.84 Å². The minimum atomic E-state index is -3.78. The molecule has 37 heavy (non-hydrogen) atoms. The van der Waals surface area contributed by atoms with Gasteiger partial charge in [-0.1, -0.05) is 53.5 Å². The summed E-state index contributed by atoms with van der Waals surface area (Å²) in [6, 6.07) is 17.0. The van der Waals surface area contributed by atoms with Crippen molar-refractivity contribution in [2.24, 2.45) is 0 Å². The summed E-state index contributed by atoms with van der Waals surface area (Å²) < 4.78 is 38.9. The Morgan fingerprint density at radius 1 is 1.08 bits per heavy atom. The summed E-state index contributed by atoms with van der Waals surface area (Å²) in [6.07, 6.45) is 2.99. The lowest BCUT2D eigenvalue weighted by molar-refractivity contribution is 0.0712. The highest BCUT2D eigenvalue weighted by Crippen LogP contribution is 2.25. The number of hydrogen-bond donors (Lipinski definition) is 0. The van der Waals surface area contributed by atoms with Crippen LogP contribution in [0.25, 0.3) is 0 Å². The number of imidazole rings is 1. The molecule has 0 N–H and O–H groups in total. The Kier molecular flexibility index (Phi) is 8.71. The van der Waals surface area contributed by atoms with Crippen molar-refractivity contribution < 1.29 is 22.4 Å². The minimum absolute atomic E-state index is 0.0516. The Labute approximate surface area is 225 Å². The number of methoxy groups -OCH3 is 1. The van der Waals surface area contributed by atoms with E-state index in [1.807, 2.05) is 6.07 Å². The molecule has 11 heteroatoms. The second-order valence-corrected chi connectivity index (χ2v) is 11.0. The number of sulfone groups is 1. The summed E-state index contributed by atoms with van der Waals surface area (Å²) in [7, 11) is -2.25. The van der Waals surface area contributed by atoms with Gasteiger partial charge >= 0.3 is 0 Å². The van der Waals surface area contributed by atoms with Gasteiger partial charge in [-0.2, -0.15) is 0 Å². The summed E-state index contributed by atoms with van der Waals surface area (Å²) in [5, 5.41) is 0.532. The molecule has 0 saturated carbocycles. The molecule has 0 radical (unpaired) electrons. The van der Waals surface area contributed by atoms with Gasteiger partial charge in [-0.3, -0.25) is 4.79 Å². The highest BCUT2D eigenvalue weighted by atomic mass is 35.5. The Morgan fingerprint density at radius 3 is 2.54 bits per heavy atom. The first-order valence-corrected chi connectivity index (χ1v) is 13.8. The predicted octanol–water partition coefficient (Wildman–Crippen LogP) is 5.25. The van der Waals surface area contributed by atoms with Crippen molar-refractivity contribution in [2.75, 3.05) is 13.7 Å². The van der Waals surface area contributed by atoms with Gasteiger partial charge in [-0.25, -0.2) is 13.4 Å². The largest absolute Gasteiger partial charge is 0.467 e. The first-order chi connectivity index (χ1) is 17.8. The summed E-state index contributed by atoms with van der Waals surface area (Å²) in [6.45, 7) is 0.675. The van der Waals surface area contributed by atoms with Crippen LogP contribution in [0.2, 0.25) is 10.0 Å². The number of aromatic nitrogens is 2. The number of halogens is 2. The molecule has 0 atom stereocenters. The van der Waals surface area contributed by atoms with E-state index in [0.29, 0.717) is 22.0 Å². The van der Waals surface area contributed by atoms with Gasteiger partial charge in [-0.15, -0.1) is 0 Å². The molecule has 2 aromatic heterocycles. The number of carbonyl (C=O) groups excluding carboxylic acids is 1. The van der Waals surface area contributed by atoms with Crippen molar-refractivity contribution in [3.63, 3.8) is 0 Å². The van der Waals surface area contributed by atoms with Crippen molar-refractivity contribution in [2.45, 2.75) is 30.5 Å². The van der Waals surface area contributed by atoms with Gasteiger partial charge in [0.05, 0.1) is 54.2 Å². The van der Waals surface area contributed by atoms with Gasteiger partial charge in [0, 0.05) is 18.7 Å². The quantitative estimate of drug-likeness (QED) is 0.248. The second-order valence-electron chi connectivity index (χ2n) is 8.29. The average Bonchev–Trinajstić information content (AvgIpc) is 3.52. The number of hydrogen-bond acceptors (Lipinski definition) is 6. The Balaban J connectivity index is 1.69. The topological polar surface area (TPSA) is 94.6 Å². The highest BCUT2D eigenvalue weighted by molar-refractivity contribution is 7.90. The SMILES string of the molecule is COCCn1c(CN(Cc2ccco2)C(=O)c2ccc(Cl)cc2Cl)cnc1S(=O)(=O)Cc1ccccc1. The molecule has 0 aliphatic heterocycles.